The Kier molecular flexibility index (Phi) is 9.04. The summed E-state index contributed by atoms with van der Waals surface area (Å²) in [6, 6.07) is 26.3. The molecule has 36 heavy (non-hydrogen) atoms. The van der Waals surface area contributed by atoms with E-state index in [0.29, 0.717) is 5.56 Å². The van der Waals surface area contributed by atoms with Gasteiger partial charge < -0.3 is 24.1 Å². The van der Waals surface area contributed by atoms with Crippen molar-refractivity contribution >= 4 is 5.97 Å². The molecule has 3 aromatic carbocycles. The highest BCUT2D eigenvalue weighted by molar-refractivity contribution is 5.89. The van der Waals surface area contributed by atoms with Crippen molar-refractivity contribution < 1.29 is 28.8 Å². The first-order valence-electron chi connectivity index (χ1n) is 11.6. The molecule has 0 saturated carbocycles. The van der Waals surface area contributed by atoms with Crippen molar-refractivity contribution in [3.05, 3.63) is 118 Å². The summed E-state index contributed by atoms with van der Waals surface area (Å²) in [5.74, 6) is -0.652. The molecule has 0 bridgehead atoms. The van der Waals surface area contributed by atoms with Crippen molar-refractivity contribution in [1.29, 1.82) is 0 Å². The van der Waals surface area contributed by atoms with Crippen LogP contribution in [-0.4, -0.2) is 48.3 Å². The summed E-state index contributed by atoms with van der Waals surface area (Å²) >= 11 is 0. The number of carbonyl (C=O) groups excluding carboxylic acids is 1. The van der Waals surface area contributed by atoms with E-state index in [1.54, 1.807) is 30.3 Å². The van der Waals surface area contributed by atoms with Gasteiger partial charge in [-0.25, -0.2) is 4.79 Å². The molecule has 0 aliphatic carbocycles. The Hall–Kier alpha value is -3.72. The number of nitrogens with zero attached hydrogens (tertiary/aromatic N) is 3. The van der Waals surface area contributed by atoms with E-state index in [1.807, 2.05) is 60.7 Å². The topological polar surface area (TPSA) is 123 Å². The molecule has 9 heteroatoms. The van der Waals surface area contributed by atoms with Crippen molar-refractivity contribution in [3.8, 4) is 0 Å². The second-order valence-corrected chi connectivity index (χ2v) is 8.21. The average Bonchev–Trinajstić information content (AvgIpc) is 2.93. The number of benzene rings is 3. The SMILES string of the molecule is [N-]=[N+]=N[C@H]1[C@H](OC(=O)c2ccccc2)O[C@H](CO)[C@@H](OCc2ccccc2)[C@@H]1OCc1ccccc1. The summed E-state index contributed by atoms with van der Waals surface area (Å²) in [6.45, 7) is -0.0211. The molecule has 1 aliphatic rings. The van der Waals surface area contributed by atoms with Crippen LogP contribution in [-0.2, 0) is 32.2 Å². The van der Waals surface area contributed by atoms with Crippen LogP contribution in [0, 0.1) is 0 Å². The smallest absolute Gasteiger partial charge is 0.340 e. The van der Waals surface area contributed by atoms with Crippen molar-refractivity contribution in [2.75, 3.05) is 6.61 Å². The van der Waals surface area contributed by atoms with Gasteiger partial charge in [-0.2, -0.15) is 0 Å². The van der Waals surface area contributed by atoms with Crippen molar-refractivity contribution in [2.24, 2.45) is 5.11 Å². The zero-order valence-corrected chi connectivity index (χ0v) is 19.5. The first-order chi connectivity index (χ1) is 17.7. The van der Waals surface area contributed by atoms with E-state index in [2.05, 4.69) is 10.0 Å². The summed E-state index contributed by atoms with van der Waals surface area (Å²) in [7, 11) is 0. The summed E-state index contributed by atoms with van der Waals surface area (Å²) in [4.78, 5) is 15.7. The number of hydrogen-bond donors (Lipinski definition) is 1. The maximum atomic E-state index is 12.8. The monoisotopic (exact) mass is 489 g/mol. The first-order valence-corrected chi connectivity index (χ1v) is 11.6. The fourth-order valence-electron chi connectivity index (χ4n) is 3.99. The molecule has 186 valence electrons. The Balaban J connectivity index is 1.60. The lowest BCUT2D eigenvalue weighted by Gasteiger charge is -2.43. The second kappa shape index (κ2) is 12.8. The molecule has 9 nitrogen and oxygen atoms in total. The highest BCUT2D eigenvalue weighted by atomic mass is 16.7. The number of aliphatic hydroxyl groups excluding tert-OH is 1. The van der Waals surface area contributed by atoms with Crippen LogP contribution in [0.4, 0.5) is 0 Å². The molecule has 1 aliphatic heterocycles. The van der Waals surface area contributed by atoms with Gasteiger partial charge in [0.25, 0.3) is 0 Å². The predicted molar refractivity (Wildman–Crippen MR) is 131 cm³/mol. The summed E-state index contributed by atoms with van der Waals surface area (Å²) in [5.41, 5.74) is 11.4. The van der Waals surface area contributed by atoms with Crippen LogP contribution in [0.5, 0.6) is 0 Å². The minimum absolute atomic E-state index is 0.186. The quantitative estimate of drug-likeness (QED) is 0.195. The van der Waals surface area contributed by atoms with E-state index in [-0.39, 0.29) is 13.2 Å². The lowest BCUT2D eigenvalue weighted by atomic mass is 9.96. The van der Waals surface area contributed by atoms with Gasteiger partial charge in [0.1, 0.15) is 24.4 Å². The molecule has 3 aromatic rings. The van der Waals surface area contributed by atoms with Gasteiger partial charge in [-0.3, -0.25) is 0 Å². The van der Waals surface area contributed by atoms with Gasteiger partial charge >= 0.3 is 5.97 Å². The molecule has 0 amide bonds. The molecule has 0 spiro atoms. The van der Waals surface area contributed by atoms with Gasteiger partial charge in [0.2, 0.25) is 6.29 Å². The number of carbonyl (C=O) groups is 1. The largest absolute Gasteiger partial charge is 0.432 e. The minimum Gasteiger partial charge on any atom is -0.432 e. The third-order valence-electron chi connectivity index (χ3n) is 5.78. The molecule has 0 radical (unpaired) electrons. The van der Waals surface area contributed by atoms with Gasteiger partial charge in [-0.15, -0.1) is 0 Å². The van der Waals surface area contributed by atoms with Crippen molar-refractivity contribution in [3.63, 3.8) is 0 Å². The molecule has 0 unspecified atom stereocenters. The molecule has 0 aromatic heterocycles. The van der Waals surface area contributed by atoms with Gasteiger partial charge in [0, 0.05) is 4.91 Å². The molecular formula is C27H27N3O6. The van der Waals surface area contributed by atoms with Crippen LogP contribution < -0.4 is 0 Å². The van der Waals surface area contributed by atoms with Gasteiger partial charge in [-0.1, -0.05) is 84.0 Å². The van der Waals surface area contributed by atoms with E-state index >= 15 is 0 Å². The number of ether oxygens (including phenoxy) is 4. The number of aliphatic hydroxyl groups is 1. The van der Waals surface area contributed by atoms with E-state index < -0.39 is 43.2 Å². The lowest BCUT2D eigenvalue weighted by molar-refractivity contribution is -0.269. The molecular weight excluding hydrogens is 462 g/mol. The highest BCUT2D eigenvalue weighted by Gasteiger charge is 2.49. The molecule has 1 heterocycles. The Morgan fingerprint density at radius 1 is 0.861 bits per heavy atom. The van der Waals surface area contributed by atoms with Crippen LogP contribution in [0.2, 0.25) is 0 Å². The van der Waals surface area contributed by atoms with Crippen LogP contribution in [0.3, 0.4) is 0 Å². The third-order valence-corrected chi connectivity index (χ3v) is 5.78. The number of hydrogen-bond acceptors (Lipinski definition) is 7. The Morgan fingerprint density at radius 2 is 1.39 bits per heavy atom. The number of esters is 1. The fraction of sp³-hybridized carbons (Fsp3) is 0.296. The zero-order chi connectivity index (χ0) is 25.2. The normalized spacial score (nSPS) is 23.4. The molecule has 1 saturated heterocycles. The van der Waals surface area contributed by atoms with Gasteiger partial charge in [0.15, 0.2) is 0 Å². The minimum atomic E-state index is -1.29. The van der Waals surface area contributed by atoms with E-state index in [0.717, 1.165) is 11.1 Å². The molecule has 5 atom stereocenters. The summed E-state index contributed by atoms with van der Waals surface area (Å²) < 4.78 is 23.9. The number of rotatable bonds is 10. The van der Waals surface area contributed by atoms with Gasteiger partial charge in [-0.05, 0) is 28.8 Å². The number of azide groups is 1. The van der Waals surface area contributed by atoms with E-state index in [4.69, 9.17) is 18.9 Å². The molecule has 1 fully saturated rings. The Bertz CT molecular complexity index is 1140. The van der Waals surface area contributed by atoms with Gasteiger partial charge in [0.05, 0.1) is 25.4 Å². The third kappa shape index (κ3) is 6.48. The lowest BCUT2D eigenvalue weighted by Crippen LogP contribution is -2.60. The Labute approximate surface area is 208 Å². The van der Waals surface area contributed by atoms with Crippen LogP contribution in [0.15, 0.2) is 96.1 Å². The van der Waals surface area contributed by atoms with Crippen LogP contribution in [0.25, 0.3) is 10.4 Å². The highest BCUT2D eigenvalue weighted by Crippen LogP contribution is 2.31. The van der Waals surface area contributed by atoms with Crippen molar-refractivity contribution in [2.45, 2.75) is 43.9 Å². The van der Waals surface area contributed by atoms with Crippen LogP contribution in [0.1, 0.15) is 21.5 Å². The van der Waals surface area contributed by atoms with Crippen molar-refractivity contribution in [1.82, 2.24) is 0 Å². The standard InChI is InChI=1S/C27H27N3O6/c28-30-29-23-25(34-18-20-12-6-2-7-13-20)24(33-17-19-10-4-1-5-11-19)22(16-31)35-27(23)36-26(32)21-14-8-3-9-15-21/h1-15,22-25,27,31H,16-18H2/t22-,23-,24-,25-,27+/m1/s1. The fourth-order valence-corrected chi connectivity index (χ4v) is 3.99. The summed E-state index contributed by atoms with van der Waals surface area (Å²) in [6.07, 6.45) is -3.86. The maximum absolute atomic E-state index is 12.8. The summed E-state index contributed by atoms with van der Waals surface area (Å²) in [5, 5.41) is 14.0. The van der Waals surface area contributed by atoms with Crippen LogP contribution >= 0.6 is 0 Å². The van der Waals surface area contributed by atoms with E-state index in [1.165, 1.54) is 0 Å². The maximum Gasteiger partial charge on any atom is 0.340 e. The molecule has 4 rings (SSSR count). The Morgan fingerprint density at radius 3 is 1.92 bits per heavy atom. The van der Waals surface area contributed by atoms with E-state index in [9.17, 15) is 15.4 Å². The predicted octanol–water partition coefficient (Wildman–Crippen LogP) is 4.41. The zero-order valence-electron chi connectivity index (χ0n) is 19.5. The average molecular weight is 490 g/mol. The first kappa shape index (κ1) is 25.4. The molecule has 1 N–H and O–H groups in total. The second-order valence-electron chi connectivity index (χ2n) is 8.21.